The normalized spacial score (nSPS) is 24.1. The number of nitrogens with zero attached hydrogens (tertiary/aromatic N) is 1. The standard InChI is InChI=1S/C13H18N2OS/c1-9-4-3-5-10(12(14)17)11(9)15-7-6-13(2,16)8-15/h3-5,16H,6-8H2,1-2H3,(H2,14,17). The van der Waals surface area contributed by atoms with E-state index in [-0.39, 0.29) is 0 Å². The number of rotatable bonds is 2. The van der Waals surface area contributed by atoms with Gasteiger partial charge in [-0.2, -0.15) is 0 Å². The first-order chi connectivity index (χ1) is 7.91. The summed E-state index contributed by atoms with van der Waals surface area (Å²) in [7, 11) is 0. The number of hydrogen-bond acceptors (Lipinski definition) is 3. The van der Waals surface area contributed by atoms with E-state index in [0.717, 1.165) is 29.8 Å². The molecule has 3 N–H and O–H groups in total. The summed E-state index contributed by atoms with van der Waals surface area (Å²) in [6.07, 6.45) is 0.776. The molecule has 0 saturated carbocycles. The second-order valence-electron chi connectivity index (χ2n) is 5.00. The molecule has 1 heterocycles. The Hall–Kier alpha value is -1.13. The van der Waals surface area contributed by atoms with E-state index in [4.69, 9.17) is 18.0 Å². The van der Waals surface area contributed by atoms with Crippen molar-refractivity contribution >= 4 is 22.9 Å². The number of nitrogens with two attached hydrogens (primary N) is 1. The lowest BCUT2D eigenvalue weighted by Gasteiger charge is -2.25. The Morgan fingerprint density at radius 2 is 2.24 bits per heavy atom. The second kappa shape index (κ2) is 4.27. The van der Waals surface area contributed by atoms with Crippen LogP contribution in [0.2, 0.25) is 0 Å². The van der Waals surface area contributed by atoms with Crippen LogP contribution in [0.4, 0.5) is 5.69 Å². The predicted molar refractivity (Wildman–Crippen MR) is 74.5 cm³/mol. The van der Waals surface area contributed by atoms with Crippen molar-refractivity contribution < 1.29 is 5.11 Å². The minimum atomic E-state index is -0.615. The maximum absolute atomic E-state index is 10.0. The number of anilines is 1. The summed E-state index contributed by atoms with van der Waals surface area (Å²) < 4.78 is 0. The van der Waals surface area contributed by atoms with Crippen LogP contribution >= 0.6 is 12.2 Å². The molecule has 3 nitrogen and oxygen atoms in total. The summed E-state index contributed by atoms with van der Waals surface area (Å²) in [6, 6.07) is 5.95. The van der Waals surface area contributed by atoms with Crippen LogP contribution in [0.5, 0.6) is 0 Å². The van der Waals surface area contributed by atoms with Crippen LogP contribution in [0.1, 0.15) is 24.5 Å². The first-order valence-corrected chi connectivity index (χ1v) is 6.18. The molecule has 0 aliphatic carbocycles. The van der Waals surface area contributed by atoms with Crippen LogP contribution < -0.4 is 10.6 Å². The minimum Gasteiger partial charge on any atom is -0.389 e. The third kappa shape index (κ3) is 2.42. The molecule has 0 amide bonds. The topological polar surface area (TPSA) is 49.5 Å². The molecule has 0 radical (unpaired) electrons. The highest BCUT2D eigenvalue weighted by Crippen LogP contribution is 2.31. The number of aliphatic hydroxyl groups is 1. The van der Waals surface area contributed by atoms with Gasteiger partial charge in [0.1, 0.15) is 4.99 Å². The Bertz CT molecular complexity index is 457. The average Bonchev–Trinajstić information content (AvgIpc) is 2.58. The van der Waals surface area contributed by atoms with Crippen molar-refractivity contribution in [3.63, 3.8) is 0 Å². The molecule has 0 aromatic heterocycles. The maximum Gasteiger partial charge on any atom is 0.106 e. The highest BCUT2D eigenvalue weighted by Gasteiger charge is 2.33. The van der Waals surface area contributed by atoms with Crippen LogP contribution in [0.3, 0.4) is 0 Å². The maximum atomic E-state index is 10.0. The first kappa shape index (κ1) is 12.3. The highest BCUT2D eigenvalue weighted by molar-refractivity contribution is 7.80. The zero-order chi connectivity index (χ0) is 12.6. The van der Waals surface area contributed by atoms with Crippen LogP contribution in [-0.4, -0.2) is 28.8 Å². The fourth-order valence-corrected chi connectivity index (χ4v) is 2.58. The van der Waals surface area contributed by atoms with Gasteiger partial charge in [-0.1, -0.05) is 24.4 Å². The lowest BCUT2D eigenvalue weighted by molar-refractivity contribution is 0.0839. The van der Waals surface area contributed by atoms with Gasteiger partial charge >= 0.3 is 0 Å². The van der Waals surface area contributed by atoms with Gasteiger partial charge < -0.3 is 15.7 Å². The summed E-state index contributed by atoms with van der Waals surface area (Å²) in [5.41, 5.74) is 8.26. The molecule has 1 aromatic carbocycles. The van der Waals surface area contributed by atoms with Crippen molar-refractivity contribution in [2.75, 3.05) is 18.0 Å². The molecule has 1 aliphatic rings. The van der Waals surface area contributed by atoms with Crippen molar-refractivity contribution in [1.29, 1.82) is 0 Å². The van der Waals surface area contributed by atoms with Crippen LogP contribution in [0.25, 0.3) is 0 Å². The van der Waals surface area contributed by atoms with E-state index in [9.17, 15) is 5.11 Å². The van der Waals surface area contributed by atoms with Gasteiger partial charge in [0, 0.05) is 24.3 Å². The van der Waals surface area contributed by atoms with Crippen molar-refractivity contribution in [3.05, 3.63) is 29.3 Å². The third-order valence-corrected chi connectivity index (χ3v) is 3.49. The Morgan fingerprint density at radius 3 is 2.76 bits per heavy atom. The fourth-order valence-electron chi connectivity index (χ4n) is 2.41. The Balaban J connectivity index is 2.42. The number of benzene rings is 1. The molecule has 1 saturated heterocycles. The molecule has 92 valence electrons. The Morgan fingerprint density at radius 1 is 1.53 bits per heavy atom. The van der Waals surface area contributed by atoms with Gasteiger partial charge in [-0.25, -0.2) is 0 Å². The van der Waals surface area contributed by atoms with Gasteiger partial charge in [-0.05, 0) is 31.9 Å². The molecule has 1 fully saturated rings. The summed E-state index contributed by atoms with van der Waals surface area (Å²) in [5.74, 6) is 0. The molecule has 1 aliphatic heterocycles. The Labute approximate surface area is 107 Å². The summed E-state index contributed by atoms with van der Waals surface area (Å²) in [6.45, 7) is 5.39. The fraction of sp³-hybridized carbons (Fsp3) is 0.462. The predicted octanol–water partition coefficient (Wildman–Crippen LogP) is 1.59. The van der Waals surface area contributed by atoms with Crippen LogP contribution in [0, 0.1) is 6.92 Å². The van der Waals surface area contributed by atoms with Crippen LogP contribution in [0.15, 0.2) is 18.2 Å². The van der Waals surface area contributed by atoms with E-state index in [1.807, 2.05) is 32.0 Å². The van der Waals surface area contributed by atoms with Gasteiger partial charge in [-0.15, -0.1) is 0 Å². The lowest BCUT2D eigenvalue weighted by Crippen LogP contribution is -2.31. The van der Waals surface area contributed by atoms with Gasteiger partial charge in [-0.3, -0.25) is 0 Å². The quantitative estimate of drug-likeness (QED) is 0.783. The van der Waals surface area contributed by atoms with Gasteiger partial charge in [0.15, 0.2) is 0 Å². The van der Waals surface area contributed by atoms with Gasteiger partial charge in [0.05, 0.1) is 5.60 Å². The molecule has 1 unspecified atom stereocenters. The van der Waals surface area contributed by atoms with Gasteiger partial charge in [0.2, 0.25) is 0 Å². The zero-order valence-corrected chi connectivity index (χ0v) is 11.0. The molecule has 1 aromatic rings. The smallest absolute Gasteiger partial charge is 0.106 e. The Kier molecular flexibility index (Phi) is 3.10. The van der Waals surface area contributed by atoms with E-state index in [0.29, 0.717) is 11.5 Å². The molecule has 0 bridgehead atoms. The van der Waals surface area contributed by atoms with Crippen molar-refractivity contribution in [2.45, 2.75) is 25.9 Å². The van der Waals surface area contributed by atoms with E-state index < -0.39 is 5.60 Å². The van der Waals surface area contributed by atoms with E-state index in [1.165, 1.54) is 0 Å². The average molecular weight is 250 g/mol. The number of aryl methyl sites for hydroxylation is 1. The highest BCUT2D eigenvalue weighted by atomic mass is 32.1. The SMILES string of the molecule is Cc1cccc(C(N)=S)c1N1CCC(C)(O)C1. The van der Waals surface area contributed by atoms with Crippen LogP contribution in [-0.2, 0) is 0 Å². The first-order valence-electron chi connectivity index (χ1n) is 5.77. The monoisotopic (exact) mass is 250 g/mol. The van der Waals surface area contributed by atoms with Crippen molar-refractivity contribution in [1.82, 2.24) is 0 Å². The molecule has 17 heavy (non-hydrogen) atoms. The van der Waals surface area contributed by atoms with E-state index >= 15 is 0 Å². The molecule has 2 rings (SSSR count). The minimum absolute atomic E-state index is 0.412. The third-order valence-electron chi connectivity index (χ3n) is 3.27. The largest absolute Gasteiger partial charge is 0.389 e. The number of hydrogen-bond donors (Lipinski definition) is 2. The second-order valence-corrected chi connectivity index (χ2v) is 5.44. The summed E-state index contributed by atoms with van der Waals surface area (Å²) in [4.78, 5) is 2.58. The summed E-state index contributed by atoms with van der Waals surface area (Å²) >= 11 is 5.09. The number of thiocarbonyl (C=S) groups is 1. The molecule has 0 spiro atoms. The molecule has 4 heteroatoms. The van der Waals surface area contributed by atoms with Gasteiger partial charge in [0.25, 0.3) is 0 Å². The molecule has 1 atom stereocenters. The summed E-state index contributed by atoms with van der Waals surface area (Å²) in [5, 5.41) is 10.0. The zero-order valence-electron chi connectivity index (χ0n) is 10.2. The van der Waals surface area contributed by atoms with Crippen molar-refractivity contribution in [3.8, 4) is 0 Å². The van der Waals surface area contributed by atoms with Crippen molar-refractivity contribution in [2.24, 2.45) is 5.73 Å². The number of para-hydroxylation sites is 1. The molecular formula is C13H18N2OS. The number of β-amino-alcohol motifs (C(OH)–C–C–N with tert-alkyl or cyclic N) is 1. The van der Waals surface area contributed by atoms with E-state index in [2.05, 4.69) is 4.90 Å². The van der Waals surface area contributed by atoms with E-state index in [1.54, 1.807) is 0 Å². The molecular weight excluding hydrogens is 232 g/mol. The lowest BCUT2D eigenvalue weighted by atomic mass is 10.1.